The number of carbonyl (C=O) groups is 1. The average Bonchev–Trinajstić information content (AvgIpc) is 2.73. The van der Waals surface area contributed by atoms with Gasteiger partial charge in [0.05, 0.1) is 27.2 Å². The molecule has 0 aliphatic rings. The van der Waals surface area contributed by atoms with Crippen LogP contribution in [0.3, 0.4) is 0 Å². The number of amides is 1. The zero-order chi connectivity index (χ0) is 23.5. The first-order valence-electron chi connectivity index (χ1n) is 9.02. The molecule has 0 aliphatic heterocycles. The monoisotopic (exact) mass is 534 g/mol. The second-order valence-corrected chi connectivity index (χ2v) is 10.2. The average molecular weight is 536 g/mol. The highest BCUT2D eigenvalue weighted by Crippen LogP contribution is 2.30. The van der Waals surface area contributed by atoms with E-state index in [1.807, 2.05) is 0 Å². The summed E-state index contributed by atoms with van der Waals surface area (Å²) >= 11 is 24.1. The van der Waals surface area contributed by atoms with Crippen molar-refractivity contribution in [3.63, 3.8) is 0 Å². The number of sulfonamides is 1. The van der Waals surface area contributed by atoms with Gasteiger partial charge in [-0.15, -0.1) is 0 Å². The molecule has 0 aromatic heterocycles. The molecule has 3 rings (SSSR count). The molecule has 0 radical (unpaired) electrons. The third kappa shape index (κ3) is 5.73. The molecule has 0 spiro atoms. The van der Waals surface area contributed by atoms with E-state index in [9.17, 15) is 17.6 Å². The maximum absolute atomic E-state index is 14.4. The van der Waals surface area contributed by atoms with E-state index in [2.05, 4.69) is 5.32 Å². The van der Waals surface area contributed by atoms with Gasteiger partial charge in [0.2, 0.25) is 15.9 Å². The lowest BCUT2D eigenvalue weighted by Gasteiger charge is -2.23. The minimum atomic E-state index is -4.23. The van der Waals surface area contributed by atoms with Crippen LogP contribution < -0.4 is 5.32 Å². The van der Waals surface area contributed by atoms with Gasteiger partial charge in [-0.05, 0) is 48.5 Å². The Morgan fingerprint density at radius 1 is 0.875 bits per heavy atom. The molecule has 0 heterocycles. The summed E-state index contributed by atoms with van der Waals surface area (Å²) < 4.78 is 41.7. The maximum Gasteiger partial charge on any atom is 0.243 e. The summed E-state index contributed by atoms with van der Waals surface area (Å²) in [6.07, 6.45) is 0. The van der Waals surface area contributed by atoms with E-state index in [4.69, 9.17) is 46.4 Å². The Balaban J connectivity index is 1.96. The molecular weight excluding hydrogens is 521 g/mol. The van der Waals surface area contributed by atoms with Crippen molar-refractivity contribution in [3.8, 4) is 0 Å². The third-order valence-electron chi connectivity index (χ3n) is 4.39. The predicted octanol–water partition coefficient (Wildman–Crippen LogP) is 6.27. The highest BCUT2D eigenvalue weighted by molar-refractivity contribution is 7.89. The van der Waals surface area contributed by atoms with Crippen molar-refractivity contribution in [2.45, 2.75) is 11.4 Å². The SMILES string of the molecule is O=C(CN(Cc1c(F)cccc1Cl)S(=O)(=O)c1ccc(Cl)cc1)Nc1c(Cl)cccc1Cl. The number of para-hydroxylation sites is 1. The van der Waals surface area contributed by atoms with E-state index in [-0.39, 0.29) is 31.2 Å². The first kappa shape index (κ1) is 24.8. The zero-order valence-electron chi connectivity index (χ0n) is 16.2. The van der Waals surface area contributed by atoms with E-state index in [0.29, 0.717) is 5.02 Å². The van der Waals surface area contributed by atoms with Crippen LogP contribution >= 0.6 is 46.4 Å². The summed E-state index contributed by atoms with van der Waals surface area (Å²) in [5, 5.41) is 3.21. The fourth-order valence-corrected chi connectivity index (χ4v) is 5.00. The molecule has 0 unspecified atom stereocenters. The summed E-state index contributed by atoms with van der Waals surface area (Å²) in [7, 11) is -4.23. The van der Waals surface area contributed by atoms with Crippen molar-refractivity contribution in [1.29, 1.82) is 0 Å². The molecular formula is C21H15Cl4FN2O3S. The predicted molar refractivity (Wildman–Crippen MR) is 126 cm³/mol. The van der Waals surface area contributed by atoms with Crippen molar-refractivity contribution < 1.29 is 17.6 Å². The smallest absolute Gasteiger partial charge is 0.243 e. The van der Waals surface area contributed by atoms with E-state index in [1.54, 1.807) is 6.07 Å². The van der Waals surface area contributed by atoms with Crippen LogP contribution in [0.4, 0.5) is 10.1 Å². The van der Waals surface area contributed by atoms with E-state index in [1.165, 1.54) is 48.5 Å². The van der Waals surface area contributed by atoms with Crippen LogP contribution in [-0.2, 0) is 21.4 Å². The number of hydrogen-bond donors (Lipinski definition) is 1. The first-order valence-corrected chi connectivity index (χ1v) is 12.0. The normalized spacial score (nSPS) is 11.6. The maximum atomic E-state index is 14.4. The van der Waals surface area contributed by atoms with E-state index < -0.39 is 34.8 Å². The van der Waals surface area contributed by atoms with Crippen molar-refractivity contribution in [3.05, 3.63) is 92.1 Å². The van der Waals surface area contributed by atoms with Gasteiger partial charge >= 0.3 is 0 Å². The van der Waals surface area contributed by atoms with Crippen LogP contribution in [0.15, 0.2) is 65.6 Å². The minimum absolute atomic E-state index is 0.0239. The lowest BCUT2D eigenvalue weighted by molar-refractivity contribution is -0.116. The van der Waals surface area contributed by atoms with Crippen LogP contribution in [0.25, 0.3) is 0 Å². The number of nitrogens with one attached hydrogen (secondary N) is 1. The standard InChI is InChI=1S/C21H15Cl4FN2O3S/c22-13-7-9-14(10-8-13)32(30,31)28(11-15-16(23)3-2-6-19(15)26)12-20(29)27-21-17(24)4-1-5-18(21)25/h1-10H,11-12H2,(H,27,29). The van der Waals surface area contributed by atoms with Crippen LogP contribution in [0.1, 0.15) is 5.56 Å². The minimum Gasteiger partial charge on any atom is -0.322 e. The number of hydrogen-bond acceptors (Lipinski definition) is 3. The van der Waals surface area contributed by atoms with E-state index >= 15 is 0 Å². The quantitative estimate of drug-likeness (QED) is 0.387. The van der Waals surface area contributed by atoms with Gasteiger partial charge in [-0.3, -0.25) is 4.79 Å². The zero-order valence-corrected chi connectivity index (χ0v) is 20.0. The summed E-state index contributed by atoms with van der Waals surface area (Å²) in [4.78, 5) is 12.6. The van der Waals surface area contributed by atoms with Crippen molar-refractivity contribution >= 4 is 68.0 Å². The lowest BCUT2D eigenvalue weighted by Crippen LogP contribution is -2.38. The molecule has 1 N–H and O–H groups in total. The highest BCUT2D eigenvalue weighted by Gasteiger charge is 2.29. The first-order chi connectivity index (χ1) is 15.1. The Labute approximate surface area is 204 Å². The van der Waals surface area contributed by atoms with Crippen LogP contribution in [0.2, 0.25) is 20.1 Å². The fraction of sp³-hybridized carbons (Fsp3) is 0.0952. The summed E-state index contributed by atoms with van der Waals surface area (Å²) in [6.45, 7) is -1.14. The molecule has 3 aromatic carbocycles. The van der Waals surface area contributed by atoms with Crippen LogP contribution in [-0.4, -0.2) is 25.2 Å². The Kier molecular flexibility index (Phi) is 8.03. The molecule has 32 heavy (non-hydrogen) atoms. The van der Waals surface area contributed by atoms with Gasteiger partial charge in [0, 0.05) is 22.2 Å². The number of nitrogens with zero attached hydrogens (tertiary/aromatic N) is 1. The Morgan fingerprint density at radius 3 is 2.03 bits per heavy atom. The summed E-state index contributed by atoms with van der Waals surface area (Å²) in [5.41, 5.74) is 0.0591. The van der Waals surface area contributed by atoms with Crippen molar-refractivity contribution in [2.75, 3.05) is 11.9 Å². The largest absolute Gasteiger partial charge is 0.322 e. The van der Waals surface area contributed by atoms with Gasteiger partial charge in [0.1, 0.15) is 5.82 Å². The summed E-state index contributed by atoms with van der Waals surface area (Å²) in [5.74, 6) is -1.44. The highest BCUT2D eigenvalue weighted by atomic mass is 35.5. The molecule has 0 aliphatic carbocycles. The van der Waals surface area contributed by atoms with Gasteiger partial charge < -0.3 is 5.32 Å². The van der Waals surface area contributed by atoms with Gasteiger partial charge in [0.15, 0.2) is 0 Å². The third-order valence-corrected chi connectivity index (χ3v) is 7.44. The van der Waals surface area contributed by atoms with Gasteiger partial charge in [-0.2, -0.15) is 4.31 Å². The molecule has 168 valence electrons. The summed E-state index contributed by atoms with van der Waals surface area (Å²) in [6, 6.07) is 14.0. The van der Waals surface area contributed by atoms with E-state index in [0.717, 1.165) is 10.4 Å². The van der Waals surface area contributed by atoms with Crippen LogP contribution in [0.5, 0.6) is 0 Å². The van der Waals surface area contributed by atoms with Crippen molar-refractivity contribution in [2.24, 2.45) is 0 Å². The fourth-order valence-electron chi connectivity index (χ4n) is 2.80. The number of anilines is 1. The van der Waals surface area contributed by atoms with Gasteiger partial charge in [-0.25, -0.2) is 12.8 Å². The molecule has 0 atom stereocenters. The molecule has 5 nitrogen and oxygen atoms in total. The molecule has 0 saturated heterocycles. The second-order valence-electron chi connectivity index (χ2n) is 6.57. The van der Waals surface area contributed by atoms with Crippen LogP contribution in [0, 0.1) is 5.82 Å². The molecule has 0 fully saturated rings. The Morgan fingerprint density at radius 2 is 1.44 bits per heavy atom. The number of carbonyl (C=O) groups excluding carboxylic acids is 1. The topological polar surface area (TPSA) is 66.5 Å². The second kappa shape index (κ2) is 10.4. The van der Waals surface area contributed by atoms with Gasteiger partial charge in [-0.1, -0.05) is 58.5 Å². The lowest BCUT2D eigenvalue weighted by atomic mass is 10.2. The Bertz CT molecular complexity index is 1210. The van der Waals surface area contributed by atoms with Crippen molar-refractivity contribution in [1.82, 2.24) is 4.31 Å². The van der Waals surface area contributed by atoms with Gasteiger partial charge in [0.25, 0.3) is 0 Å². The number of rotatable bonds is 7. The number of benzene rings is 3. The Hall–Kier alpha value is -1.87. The molecule has 11 heteroatoms. The molecule has 3 aromatic rings. The molecule has 0 bridgehead atoms. The molecule has 0 saturated carbocycles. The molecule has 1 amide bonds. The number of halogens is 5.